The summed E-state index contributed by atoms with van der Waals surface area (Å²) in [6.45, 7) is 6.35. The summed E-state index contributed by atoms with van der Waals surface area (Å²) in [5, 5.41) is 27.3. The van der Waals surface area contributed by atoms with Crippen molar-refractivity contribution in [2.75, 3.05) is 40.3 Å². The van der Waals surface area contributed by atoms with Gasteiger partial charge in [-0.15, -0.1) is 11.8 Å². The van der Waals surface area contributed by atoms with Gasteiger partial charge in [-0.25, -0.2) is 4.79 Å². The van der Waals surface area contributed by atoms with E-state index >= 15 is 0 Å². The molecular weight excluding hydrogens is 458 g/mol. The number of nitrogens with zero attached hydrogens (tertiary/aromatic N) is 4. The zero-order valence-corrected chi connectivity index (χ0v) is 21.0. The zero-order valence-electron chi connectivity index (χ0n) is 20.2. The van der Waals surface area contributed by atoms with Crippen molar-refractivity contribution in [1.82, 2.24) is 19.6 Å². The molecule has 4 heterocycles. The van der Waals surface area contributed by atoms with E-state index in [1.165, 1.54) is 23.0 Å². The number of hydrogen-bond donors (Lipinski definition) is 3. The fourth-order valence-electron chi connectivity index (χ4n) is 6.04. The second-order valence-corrected chi connectivity index (χ2v) is 11.6. The highest BCUT2D eigenvalue weighted by atomic mass is 32.2. The highest BCUT2D eigenvalue weighted by Crippen LogP contribution is 2.52. The topological polar surface area (TPSA) is 128 Å². The van der Waals surface area contributed by atoms with Gasteiger partial charge in [0.15, 0.2) is 0 Å². The van der Waals surface area contributed by atoms with E-state index in [1.807, 2.05) is 30.8 Å². The molecule has 4 aliphatic rings. The minimum absolute atomic E-state index is 0.0412. The minimum atomic E-state index is -1.12. The first kappa shape index (κ1) is 25.0. The van der Waals surface area contributed by atoms with E-state index in [2.05, 4.69) is 4.90 Å². The van der Waals surface area contributed by atoms with Crippen LogP contribution in [0, 0.1) is 23.2 Å². The average molecular weight is 494 g/mol. The van der Waals surface area contributed by atoms with Crippen LogP contribution in [-0.4, -0.2) is 118 Å². The first-order valence-corrected chi connectivity index (χ1v) is 12.8. The maximum atomic E-state index is 13.3. The van der Waals surface area contributed by atoms with Crippen LogP contribution in [0.4, 0.5) is 0 Å². The summed E-state index contributed by atoms with van der Waals surface area (Å²) in [6, 6.07) is -0.565. The zero-order chi connectivity index (χ0) is 24.9. The van der Waals surface area contributed by atoms with Crippen molar-refractivity contribution in [3.63, 3.8) is 0 Å². The summed E-state index contributed by atoms with van der Waals surface area (Å²) in [5.41, 5.74) is 0.0412. The van der Waals surface area contributed by atoms with Crippen molar-refractivity contribution in [3.05, 3.63) is 10.6 Å². The van der Waals surface area contributed by atoms with E-state index in [-0.39, 0.29) is 40.8 Å². The Labute approximate surface area is 204 Å². The number of amides is 2. The van der Waals surface area contributed by atoms with Crippen LogP contribution in [0.2, 0.25) is 0 Å². The number of likely N-dealkylation sites (tertiary alicyclic amines) is 2. The first-order chi connectivity index (χ1) is 16.0. The molecule has 7 atom stereocenters. The van der Waals surface area contributed by atoms with Crippen molar-refractivity contribution in [3.8, 4) is 0 Å². The van der Waals surface area contributed by atoms with Crippen LogP contribution in [0.25, 0.3) is 0 Å². The van der Waals surface area contributed by atoms with Gasteiger partial charge in [0.2, 0.25) is 11.8 Å². The molecule has 0 aromatic rings. The standard InChI is InChI=1S/C23H35N5O5S/c1-12-18-17(13(2)29)22(31)28(18)19(23(32)33)20(12)34-15-7-16(26(4)10-15)21(30)27-6-5-14(9-27)8-25(3)11-24/h11-18,24,29H,5-10H2,1-4H3,(H,32,33)/t12-,13-,14-,15+,16+,17-,18-/m1/s1. The molecule has 0 spiro atoms. The Morgan fingerprint density at radius 3 is 2.68 bits per heavy atom. The number of hydrogen-bond acceptors (Lipinski definition) is 7. The maximum Gasteiger partial charge on any atom is 0.353 e. The van der Waals surface area contributed by atoms with Crippen LogP contribution in [0.15, 0.2) is 10.6 Å². The number of rotatable bonds is 8. The van der Waals surface area contributed by atoms with Crippen molar-refractivity contribution in [2.45, 2.75) is 50.1 Å². The summed E-state index contributed by atoms with van der Waals surface area (Å²) in [7, 11) is 3.80. The first-order valence-electron chi connectivity index (χ1n) is 11.9. The van der Waals surface area contributed by atoms with Crippen LogP contribution >= 0.6 is 11.8 Å². The van der Waals surface area contributed by atoms with Crippen molar-refractivity contribution >= 4 is 35.9 Å². The van der Waals surface area contributed by atoms with Gasteiger partial charge in [0.25, 0.3) is 0 Å². The van der Waals surface area contributed by atoms with Gasteiger partial charge in [0.05, 0.1) is 30.4 Å². The summed E-state index contributed by atoms with van der Waals surface area (Å²) in [4.78, 5) is 45.8. The number of aliphatic hydroxyl groups excluding tert-OH is 1. The minimum Gasteiger partial charge on any atom is -0.477 e. The van der Waals surface area contributed by atoms with Gasteiger partial charge in [0, 0.05) is 49.3 Å². The number of fused-ring (bicyclic) bond motifs is 1. The number of thioether (sulfide) groups is 1. The Hall–Kier alpha value is -2.11. The van der Waals surface area contributed by atoms with Gasteiger partial charge in [-0.1, -0.05) is 6.92 Å². The highest BCUT2D eigenvalue weighted by Gasteiger charge is 2.60. The van der Waals surface area contributed by atoms with E-state index in [0.29, 0.717) is 30.3 Å². The fourth-order valence-corrected chi connectivity index (χ4v) is 7.64. The number of carbonyl (C=O) groups excluding carboxylic acids is 2. The van der Waals surface area contributed by atoms with Crippen LogP contribution < -0.4 is 0 Å². The Morgan fingerprint density at radius 1 is 1.35 bits per heavy atom. The van der Waals surface area contributed by atoms with Gasteiger partial charge < -0.3 is 24.9 Å². The average Bonchev–Trinajstić information content (AvgIpc) is 3.44. The Balaban J connectivity index is 1.42. The molecule has 4 rings (SSSR count). The maximum absolute atomic E-state index is 13.3. The lowest BCUT2D eigenvalue weighted by atomic mass is 9.79. The Bertz CT molecular complexity index is 910. The summed E-state index contributed by atoms with van der Waals surface area (Å²) >= 11 is 1.48. The molecule has 3 fully saturated rings. The van der Waals surface area contributed by atoms with Crippen LogP contribution in [0.5, 0.6) is 0 Å². The van der Waals surface area contributed by atoms with Crippen LogP contribution in [-0.2, 0) is 14.4 Å². The lowest BCUT2D eigenvalue weighted by Gasteiger charge is -2.46. The number of aliphatic hydroxyl groups is 1. The van der Waals surface area contributed by atoms with Crippen molar-refractivity contribution in [1.29, 1.82) is 5.41 Å². The molecule has 4 aliphatic heterocycles. The number of carbonyl (C=O) groups is 3. The quantitative estimate of drug-likeness (QED) is 0.251. The third kappa shape index (κ3) is 4.22. The van der Waals surface area contributed by atoms with E-state index in [9.17, 15) is 24.6 Å². The molecule has 11 heteroatoms. The number of aliphatic carboxylic acids is 1. The van der Waals surface area contributed by atoms with Gasteiger partial charge in [-0.05, 0) is 32.7 Å². The molecule has 0 aliphatic carbocycles. The van der Waals surface area contributed by atoms with Gasteiger partial charge in [0.1, 0.15) is 5.70 Å². The van der Waals surface area contributed by atoms with Gasteiger partial charge in [-0.3, -0.25) is 19.9 Å². The molecule has 2 amide bonds. The van der Waals surface area contributed by atoms with E-state index in [1.54, 1.807) is 6.92 Å². The Kier molecular flexibility index (Phi) is 6.99. The monoisotopic (exact) mass is 493 g/mol. The molecule has 34 heavy (non-hydrogen) atoms. The number of carboxylic acid groups (broad SMARTS) is 1. The predicted octanol–water partition coefficient (Wildman–Crippen LogP) is 0.333. The fraction of sp³-hybridized carbons (Fsp3) is 0.739. The van der Waals surface area contributed by atoms with Gasteiger partial charge in [-0.2, -0.15) is 0 Å². The molecular formula is C23H35N5O5S. The lowest BCUT2D eigenvalue weighted by molar-refractivity contribution is -0.163. The summed E-state index contributed by atoms with van der Waals surface area (Å²) in [5.74, 6) is -1.71. The summed E-state index contributed by atoms with van der Waals surface area (Å²) < 4.78 is 0. The molecule has 0 saturated carbocycles. The smallest absolute Gasteiger partial charge is 0.353 e. The molecule has 0 unspecified atom stereocenters. The number of β-lactam (4-membered cyclic amide) rings is 1. The highest BCUT2D eigenvalue weighted by molar-refractivity contribution is 8.03. The summed E-state index contributed by atoms with van der Waals surface area (Å²) in [6.07, 6.45) is 2.04. The van der Waals surface area contributed by atoms with E-state index < -0.39 is 18.0 Å². The number of nitrogens with one attached hydrogen (secondary N) is 1. The lowest BCUT2D eigenvalue weighted by Crippen LogP contribution is -2.63. The molecule has 3 saturated heterocycles. The van der Waals surface area contributed by atoms with Crippen LogP contribution in [0.1, 0.15) is 26.7 Å². The number of carboxylic acids is 1. The van der Waals surface area contributed by atoms with Gasteiger partial charge >= 0.3 is 5.97 Å². The normalized spacial score (nSPS) is 34.3. The molecule has 0 radical (unpaired) electrons. The second kappa shape index (κ2) is 9.50. The second-order valence-electron chi connectivity index (χ2n) is 10.2. The van der Waals surface area contributed by atoms with Crippen molar-refractivity contribution < 1.29 is 24.6 Å². The molecule has 0 aromatic carbocycles. The third-order valence-electron chi connectivity index (χ3n) is 7.76. The molecule has 188 valence electrons. The predicted molar refractivity (Wildman–Crippen MR) is 128 cm³/mol. The number of likely N-dealkylation sites (N-methyl/N-ethyl adjacent to an activating group) is 1. The SMILES string of the molecule is C[C@@H](O)[C@H]1C(=O)N2C(C(=O)O)=C(S[C@H]3C[C@@H](C(=O)N4CC[C@H](CN(C)C=N)C4)N(C)C3)[C@H](C)[C@H]12. The Morgan fingerprint density at radius 2 is 2.06 bits per heavy atom. The molecule has 0 bridgehead atoms. The largest absolute Gasteiger partial charge is 0.477 e. The molecule has 3 N–H and O–H groups in total. The van der Waals surface area contributed by atoms with Crippen molar-refractivity contribution in [2.24, 2.45) is 17.8 Å². The molecule has 0 aromatic heterocycles. The van der Waals surface area contributed by atoms with Crippen LogP contribution in [0.3, 0.4) is 0 Å². The van der Waals surface area contributed by atoms with E-state index in [4.69, 9.17) is 5.41 Å². The third-order valence-corrected chi connectivity index (χ3v) is 9.26. The molecule has 10 nitrogen and oxygen atoms in total. The van der Waals surface area contributed by atoms with E-state index in [0.717, 1.165) is 19.5 Å².